The maximum atomic E-state index is 13.1. The number of carbonyl (C=O) groups excluding carboxylic acids is 2. The summed E-state index contributed by atoms with van der Waals surface area (Å²) in [4.78, 5) is 31.8. The van der Waals surface area contributed by atoms with Crippen LogP contribution in [0.3, 0.4) is 0 Å². The number of benzene rings is 2. The van der Waals surface area contributed by atoms with Crippen molar-refractivity contribution >= 4 is 22.6 Å². The minimum Gasteiger partial charge on any atom is -0.355 e. The van der Waals surface area contributed by atoms with Crippen LogP contribution < -0.4 is 5.32 Å². The fourth-order valence-electron chi connectivity index (χ4n) is 3.59. The molecule has 2 heterocycles. The number of aryl methyl sites for hydroxylation is 1. The molecule has 5 nitrogen and oxygen atoms in total. The van der Waals surface area contributed by atoms with E-state index in [1.54, 1.807) is 19.3 Å². The third-order valence-corrected chi connectivity index (χ3v) is 5.20. The molecule has 0 spiro atoms. The van der Waals surface area contributed by atoms with Gasteiger partial charge < -0.3 is 10.2 Å². The summed E-state index contributed by atoms with van der Waals surface area (Å²) in [6.45, 7) is 2.49. The van der Waals surface area contributed by atoms with Crippen molar-refractivity contribution < 1.29 is 9.59 Å². The largest absolute Gasteiger partial charge is 0.355 e. The summed E-state index contributed by atoms with van der Waals surface area (Å²) in [6, 6.07) is 15.1. The van der Waals surface area contributed by atoms with Crippen LogP contribution in [0.1, 0.15) is 38.3 Å². The number of allylic oxidation sites excluding steroid dienone is 3. The quantitative estimate of drug-likeness (QED) is 0.649. The number of rotatable bonds is 5. The summed E-state index contributed by atoms with van der Waals surface area (Å²) in [5, 5.41) is 3.47. The number of fused-ring (bicyclic) bond motifs is 1. The number of nitrogens with zero attached hydrogens (tertiary/aromatic N) is 2. The Morgan fingerprint density at radius 3 is 2.70 bits per heavy atom. The molecule has 4 rings (SSSR count). The molecule has 1 aromatic heterocycles. The van der Waals surface area contributed by atoms with Gasteiger partial charge in [0.1, 0.15) is 0 Å². The van der Waals surface area contributed by atoms with Crippen LogP contribution in [-0.2, 0) is 6.54 Å². The Bertz CT molecular complexity index is 1180. The molecule has 0 fully saturated rings. The Morgan fingerprint density at radius 1 is 1.13 bits per heavy atom. The summed E-state index contributed by atoms with van der Waals surface area (Å²) in [6.07, 6.45) is 8.44. The van der Waals surface area contributed by atoms with Gasteiger partial charge in [-0.2, -0.15) is 0 Å². The predicted octanol–water partition coefficient (Wildman–Crippen LogP) is 4.39. The Labute approximate surface area is 175 Å². The van der Waals surface area contributed by atoms with Crippen molar-refractivity contribution in [2.75, 3.05) is 7.05 Å². The molecule has 1 N–H and O–H groups in total. The van der Waals surface area contributed by atoms with Crippen molar-refractivity contribution in [1.82, 2.24) is 15.2 Å². The second kappa shape index (κ2) is 8.33. The molecule has 0 unspecified atom stereocenters. The van der Waals surface area contributed by atoms with Crippen LogP contribution in [0.25, 0.3) is 10.9 Å². The van der Waals surface area contributed by atoms with Gasteiger partial charge in [0.05, 0.1) is 11.2 Å². The van der Waals surface area contributed by atoms with Gasteiger partial charge in [-0.05, 0) is 37.1 Å². The van der Waals surface area contributed by atoms with E-state index in [2.05, 4.69) is 10.3 Å². The predicted molar refractivity (Wildman–Crippen MR) is 118 cm³/mol. The Balaban J connectivity index is 1.64. The zero-order chi connectivity index (χ0) is 21.1. The monoisotopic (exact) mass is 397 g/mol. The number of ketones is 1. The van der Waals surface area contributed by atoms with Gasteiger partial charge in [0, 0.05) is 42.5 Å². The molecular weight excluding hydrogens is 374 g/mol. The van der Waals surface area contributed by atoms with Crippen molar-refractivity contribution in [2.24, 2.45) is 0 Å². The molecule has 3 aromatic rings. The van der Waals surface area contributed by atoms with Crippen molar-refractivity contribution in [3.05, 3.63) is 101 Å². The number of Topliss-reactive ketones (excluding diaryl/α,β-unsaturated/α-hetero) is 1. The number of aromatic nitrogens is 1. The average molecular weight is 397 g/mol. The molecular formula is C25H23N3O2. The Kier molecular flexibility index (Phi) is 5.44. The minimum absolute atomic E-state index is 0.000789. The topological polar surface area (TPSA) is 62.3 Å². The van der Waals surface area contributed by atoms with Crippen LogP contribution in [0.5, 0.6) is 0 Å². The molecule has 1 aliphatic heterocycles. The van der Waals surface area contributed by atoms with Crippen LogP contribution in [0.15, 0.2) is 78.8 Å². The fraction of sp³-hybridized carbons (Fsp3) is 0.160. The van der Waals surface area contributed by atoms with Gasteiger partial charge in [-0.15, -0.1) is 0 Å². The van der Waals surface area contributed by atoms with E-state index in [0.29, 0.717) is 23.4 Å². The summed E-state index contributed by atoms with van der Waals surface area (Å²) in [5.74, 6) is -0.147. The first-order valence-corrected chi connectivity index (χ1v) is 9.91. The van der Waals surface area contributed by atoms with Crippen LogP contribution in [0.4, 0.5) is 0 Å². The highest BCUT2D eigenvalue weighted by Crippen LogP contribution is 2.24. The summed E-state index contributed by atoms with van der Waals surface area (Å²) in [5.41, 5.74) is 4.72. The standard InChI is InChI=1S/C25H23N3O2/c1-17-9-11-19(12-10-17)24(29)23-8-3-4-13-28(23)16-18-14-21-20(25(30)26-2)6-5-7-22(21)27-15-18/h4-15H,3,16H2,1-2H3,(H,26,30). The van der Waals surface area contributed by atoms with Crippen LogP contribution in [0, 0.1) is 6.92 Å². The number of pyridine rings is 1. The molecule has 0 saturated heterocycles. The second-order valence-electron chi connectivity index (χ2n) is 7.33. The van der Waals surface area contributed by atoms with Gasteiger partial charge in [-0.25, -0.2) is 0 Å². The lowest BCUT2D eigenvalue weighted by atomic mass is 10.0. The highest BCUT2D eigenvalue weighted by molar-refractivity contribution is 6.08. The number of hydrogen-bond donors (Lipinski definition) is 1. The van der Waals surface area contributed by atoms with Crippen molar-refractivity contribution in [3.8, 4) is 0 Å². The first-order chi connectivity index (χ1) is 14.6. The van der Waals surface area contributed by atoms with E-state index in [0.717, 1.165) is 28.5 Å². The molecule has 0 bridgehead atoms. The highest BCUT2D eigenvalue weighted by atomic mass is 16.1. The van der Waals surface area contributed by atoms with E-state index in [-0.39, 0.29) is 11.7 Å². The fourth-order valence-corrected chi connectivity index (χ4v) is 3.59. The van der Waals surface area contributed by atoms with Gasteiger partial charge in [0.2, 0.25) is 5.78 Å². The zero-order valence-corrected chi connectivity index (χ0v) is 17.1. The lowest BCUT2D eigenvalue weighted by molar-refractivity contribution is 0.0963. The normalized spacial score (nSPS) is 13.3. The van der Waals surface area contributed by atoms with Gasteiger partial charge in [0.15, 0.2) is 0 Å². The first kappa shape index (κ1) is 19.6. The van der Waals surface area contributed by atoms with Crippen molar-refractivity contribution in [3.63, 3.8) is 0 Å². The lowest BCUT2D eigenvalue weighted by Gasteiger charge is -2.25. The SMILES string of the molecule is CNC(=O)c1cccc2ncc(CN3C=CCC=C3C(=O)c3ccc(C)cc3)cc12. The highest BCUT2D eigenvalue weighted by Gasteiger charge is 2.20. The molecule has 1 aliphatic rings. The van der Waals surface area contributed by atoms with E-state index in [9.17, 15) is 9.59 Å². The first-order valence-electron chi connectivity index (χ1n) is 9.91. The lowest BCUT2D eigenvalue weighted by Crippen LogP contribution is -2.24. The van der Waals surface area contributed by atoms with Crippen LogP contribution >= 0.6 is 0 Å². The second-order valence-corrected chi connectivity index (χ2v) is 7.33. The molecule has 5 heteroatoms. The van der Waals surface area contributed by atoms with E-state index in [1.165, 1.54) is 0 Å². The Hall–Kier alpha value is -3.73. The van der Waals surface area contributed by atoms with Crippen LogP contribution in [0.2, 0.25) is 0 Å². The van der Waals surface area contributed by atoms with Gasteiger partial charge in [-0.1, -0.05) is 48.0 Å². The maximum absolute atomic E-state index is 13.1. The van der Waals surface area contributed by atoms with Gasteiger partial charge in [0.25, 0.3) is 5.91 Å². The number of carbonyl (C=O) groups is 2. The summed E-state index contributed by atoms with van der Waals surface area (Å²) >= 11 is 0. The third kappa shape index (κ3) is 3.87. The zero-order valence-electron chi connectivity index (χ0n) is 17.1. The maximum Gasteiger partial charge on any atom is 0.251 e. The molecule has 150 valence electrons. The minimum atomic E-state index is -0.146. The molecule has 0 aliphatic carbocycles. The van der Waals surface area contributed by atoms with E-state index in [1.807, 2.05) is 72.6 Å². The molecule has 1 amide bonds. The number of nitrogens with one attached hydrogen (secondary N) is 1. The van der Waals surface area contributed by atoms with Crippen molar-refractivity contribution in [1.29, 1.82) is 0 Å². The van der Waals surface area contributed by atoms with E-state index in [4.69, 9.17) is 0 Å². The molecule has 30 heavy (non-hydrogen) atoms. The van der Waals surface area contributed by atoms with E-state index < -0.39 is 0 Å². The average Bonchev–Trinajstić information content (AvgIpc) is 2.78. The third-order valence-electron chi connectivity index (χ3n) is 5.20. The van der Waals surface area contributed by atoms with Gasteiger partial charge >= 0.3 is 0 Å². The molecule has 0 atom stereocenters. The number of hydrogen-bond acceptors (Lipinski definition) is 4. The van der Waals surface area contributed by atoms with E-state index >= 15 is 0 Å². The van der Waals surface area contributed by atoms with Gasteiger partial charge in [-0.3, -0.25) is 14.6 Å². The smallest absolute Gasteiger partial charge is 0.251 e. The Morgan fingerprint density at radius 2 is 1.93 bits per heavy atom. The van der Waals surface area contributed by atoms with Crippen molar-refractivity contribution in [2.45, 2.75) is 19.9 Å². The molecule has 2 aromatic carbocycles. The molecule has 0 saturated carbocycles. The number of amides is 1. The summed E-state index contributed by atoms with van der Waals surface area (Å²) in [7, 11) is 1.62. The summed E-state index contributed by atoms with van der Waals surface area (Å²) < 4.78 is 0. The van der Waals surface area contributed by atoms with Crippen LogP contribution in [-0.4, -0.2) is 28.6 Å². The molecule has 0 radical (unpaired) electrons.